The highest BCUT2D eigenvalue weighted by molar-refractivity contribution is 5.69. The Morgan fingerprint density at radius 2 is 0.981 bits per heavy atom. The number of carbonyl (C=O) groups is 1. The van der Waals surface area contributed by atoms with E-state index in [4.69, 9.17) is 28.4 Å². The van der Waals surface area contributed by atoms with Crippen LogP contribution in [0.2, 0.25) is 0 Å². The number of aliphatic hydroxyl groups is 7. The smallest absolute Gasteiger partial charge is 0.306 e. The first-order chi connectivity index (χ1) is 26.1. The molecule has 0 saturated carbocycles. The summed E-state index contributed by atoms with van der Waals surface area (Å²) in [5, 5.41) is 71.6. The number of rotatable bonds is 32. The second-order valence-electron chi connectivity index (χ2n) is 15.2. The lowest BCUT2D eigenvalue weighted by molar-refractivity contribution is -0.332. The van der Waals surface area contributed by atoms with Crippen molar-refractivity contribution in [2.24, 2.45) is 0 Å². The summed E-state index contributed by atoms with van der Waals surface area (Å²) in [6, 6.07) is 0. The molecule has 0 bridgehead atoms. The monoisotopic (exact) mass is 781 g/mol. The Hall–Kier alpha value is -1.01. The van der Waals surface area contributed by atoms with Gasteiger partial charge in [-0.15, -0.1) is 0 Å². The molecule has 2 rings (SSSR count). The van der Waals surface area contributed by atoms with Crippen LogP contribution >= 0.6 is 0 Å². The van der Waals surface area contributed by atoms with Crippen molar-refractivity contribution >= 4 is 5.97 Å². The summed E-state index contributed by atoms with van der Waals surface area (Å²) in [7, 11) is 0. The van der Waals surface area contributed by atoms with Gasteiger partial charge in [-0.2, -0.15) is 0 Å². The molecule has 7 N–H and O–H groups in total. The van der Waals surface area contributed by atoms with Gasteiger partial charge < -0.3 is 64.2 Å². The molecule has 320 valence electrons. The minimum Gasteiger partial charge on any atom is -0.457 e. The van der Waals surface area contributed by atoms with Gasteiger partial charge >= 0.3 is 5.97 Å². The maximum Gasteiger partial charge on any atom is 0.306 e. The van der Waals surface area contributed by atoms with Crippen LogP contribution in [0, 0.1) is 0 Å². The van der Waals surface area contributed by atoms with Gasteiger partial charge in [0.15, 0.2) is 12.6 Å². The number of hydrogen-bond acceptors (Lipinski definition) is 14. The standard InChI is InChI=1S/C40H76O14/c1-3-5-7-9-11-13-14-15-17-19-21-23-32(42)52-29(26-49-24-22-20-18-16-12-10-8-6-4-2)27-50-39-38(48)36(46)34(44)31(54-39)28-51-40-37(47)35(45)33(43)30(25-41)53-40/h29-31,33-41,43-48H,3-28H2,1-2H3. The van der Waals surface area contributed by atoms with Gasteiger partial charge in [0.25, 0.3) is 0 Å². The van der Waals surface area contributed by atoms with Crippen molar-refractivity contribution in [3.63, 3.8) is 0 Å². The molecular formula is C40H76O14. The molecule has 14 nitrogen and oxygen atoms in total. The van der Waals surface area contributed by atoms with E-state index in [1.54, 1.807) is 0 Å². The van der Waals surface area contributed by atoms with Crippen LogP contribution in [0.5, 0.6) is 0 Å². The molecule has 0 radical (unpaired) electrons. The lowest BCUT2D eigenvalue weighted by Crippen LogP contribution is -2.61. The van der Waals surface area contributed by atoms with Crippen molar-refractivity contribution in [3.8, 4) is 0 Å². The summed E-state index contributed by atoms with van der Waals surface area (Å²) >= 11 is 0. The third kappa shape index (κ3) is 19.4. The number of unbranched alkanes of at least 4 members (excludes halogenated alkanes) is 18. The van der Waals surface area contributed by atoms with E-state index >= 15 is 0 Å². The second kappa shape index (κ2) is 30.1. The quantitative estimate of drug-likeness (QED) is 0.0383. The molecule has 0 aromatic heterocycles. The van der Waals surface area contributed by atoms with Crippen LogP contribution < -0.4 is 0 Å². The molecule has 0 aromatic rings. The molecule has 2 heterocycles. The SMILES string of the molecule is CCCCCCCCCCCCCC(=O)OC(COCCCCCCCCCCC)COC1OC(COC2OC(CO)C(O)C(O)C2O)C(O)C(O)C1O. The third-order valence-corrected chi connectivity index (χ3v) is 10.4. The zero-order valence-corrected chi connectivity index (χ0v) is 33.2. The molecule has 0 amide bonds. The molecule has 2 aliphatic rings. The summed E-state index contributed by atoms with van der Waals surface area (Å²) in [6.07, 6.45) is 7.58. The lowest BCUT2D eigenvalue weighted by Gasteiger charge is -2.42. The van der Waals surface area contributed by atoms with E-state index in [1.165, 1.54) is 83.5 Å². The minimum absolute atomic E-state index is 0.0681. The predicted molar refractivity (Wildman–Crippen MR) is 201 cm³/mol. The Morgan fingerprint density at radius 3 is 1.50 bits per heavy atom. The summed E-state index contributed by atoms with van der Waals surface area (Å²) in [5.41, 5.74) is 0. The highest BCUT2D eigenvalue weighted by Crippen LogP contribution is 2.26. The Morgan fingerprint density at radius 1 is 0.537 bits per heavy atom. The summed E-state index contributed by atoms with van der Waals surface area (Å²) in [5.74, 6) is -0.377. The lowest BCUT2D eigenvalue weighted by atomic mass is 9.98. The third-order valence-electron chi connectivity index (χ3n) is 10.4. The second-order valence-corrected chi connectivity index (χ2v) is 15.2. The fourth-order valence-electron chi connectivity index (χ4n) is 6.81. The van der Waals surface area contributed by atoms with E-state index < -0.39 is 80.7 Å². The molecule has 2 saturated heterocycles. The summed E-state index contributed by atoms with van der Waals surface area (Å²) in [4.78, 5) is 12.8. The van der Waals surface area contributed by atoms with Crippen molar-refractivity contribution in [2.45, 2.75) is 216 Å². The van der Waals surface area contributed by atoms with Crippen molar-refractivity contribution in [1.29, 1.82) is 0 Å². The maximum absolute atomic E-state index is 12.8. The number of hydrogen-bond donors (Lipinski definition) is 7. The van der Waals surface area contributed by atoms with Crippen molar-refractivity contribution < 1.29 is 69.0 Å². The van der Waals surface area contributed by atoms with Gasteiger partial charge in [-0.3, -0.25) is 4.79 Å². The van der Waals surface area contributed by atoms with Crippen molar-refractivity contribution in [2.75, 3.05) is 33.0 Å². The number of esters is 1. The molecule has 14 heteroatoms. The molecule has 2 fully saturated rings. The van der Waals surface area contributed by atoms with Crippen molar-refractivity contribution in [3.05, 3.63) is 0 Å². The average Bonchev–Trinajstić information content (AvgIpc) is 3.16. The number of carbonyl (C=O) groups excluding carboxylic acids is 1. The van der Waals surface area contributed by atoms with Gasteiger partial charge in [0.1, 0.15) is 54.9 Å². The highest BCUT2D eigenvalue weighted by Gasteiger charge is 2.47. The minimum atomic E-state index is -1.70. The molecule has 54 heavy (non-hydrogen) atoms. The van der Waals surface area contributed by atoms with Crippen LogP contribution in [-0.4, -0.2) is 142 Å². The zero-order chi connectivity index (χ0) is 39.6. The topological polar surface area (TPSA) is 214 Å². The Labute approximate surface area is 323 Å². The number of aliphatic hydroxyl groups excluding tert-OH is 7. The van der Waals surface area contributed by atoms with E-state index in [-0.39, 0.29) is 25.6 Å². The molecule has 0 spiro atoms. The van der Waals surface area contributed by atoms with E-state index in [0.29, 0.717) is 13.0 Å². The number of ether oxygens (including phenoxy) is 6. The first-order valence-corrected chi connectivity index (χ1v) is 21.1. The average molecular weight is 781 g/mol. The highest BCUT2D eigenvalue weighted by atomic mass is 16.7. The summed E-state index contributed by atoms with van der Waals surface area (Å²) < 4.78 is 34.0. The zero-order valence-electron chi connectivity index (χ0n) is 33.2. The first-order valence-electron chi connectivity index (χ1n) is 21.1. The molecule has 11 atom stereocenters. The Bertz CT molecular complexity index is 912. The normalized spacial score (nSPS) is 29.4. The van der Waals surface area contributed by atoms with Gasteiger partial charge in [-0.1, -0.05) is 129 Å². The van der Waals surface area contributed by atoms with Crippen molar-refractivity contribution in [1.82, 2.24) is 0 Å². The van der Waals surface area contributed by atoms with Gasteiger partial charge in [0, 0.05) is 13.0 Å². The predicted octanol–water partition coefficient (Wildman–Crippen LogP) is 3.79. The van der Waals surface area contributed by atoms with Gasteiger partial charge in [-0.05, 0) is 12.8 Å². The van der Waals surface area contributed by atoms with Crippen LogP contribution in [0.4, 0.5) is 0 Å². The Kier molecular flexibility index (Phi) is 27.4. The van der Waals surface area contributed by atoms with Crippen LogP contribution in [0.1, 0.15) is 149 Å². The maximum atomic E-state index is 12.8. The van der Waals surface area contributed by atoms with Crippen LogP contribution in [-0.2, 0) is 33.2 Å². The molecular weight excluding hydrogens is 704 g/mol. The Balaban J connectivity index is 1.85. The fourth-order valence-corrected chi connectivity index (χ4v) is 6.81. The van der Waals surface area contributed by atoms with Gasteiger partial charge in [0.2, 0.25) is 0 Å². The van der Waals surface area contributed by atoms with Gasteiger partial charge in [0.05, 0.1) is 26.4 Å². The molecule has 11 unspecified atom stereocenters. The van der Waals surface area contributed by atoms with Gasteiger partial charge in [-0.25, -0.2) is 0 Å². The van der Waals surface area contributed by atoms with E-state index in [2.05, 4.69) is 13.8 Å². The molecule has 0 aromatic carbocycles. The summed E-state index contributed by atoms with van der Waals surface area (Å²) in [6.45, 7) is 3.65. The fraction of sp³-hybridized carbons (Fsp3) is 0.975. The largest absolute Gasteiger partial charge is 0.457 e. The van der Waals surface area contributed by atoms with Crippen LogP contribution in [0.3, 0.4) is 0 Å². The van der Waals surface area contributed by atoms with Crippen LogP contribution in [0.15, 0.2) is 0 Å². The van der Waals surface area contributed by atoms with Crippen LogP contribution in [0.25, 0.3) is 0 Å². The molecule has 2 aliphatic heterocycles. The van der Waals surface area contributed by atoms with E-state index in [0.717, 1.165) is 38.5 Å². The first kappa shape index (κ1) is 49.1. The van der Waals surface area contributed by atoms with E-state index in [1.807, 2.05) is 0 Å². The molecule has 0 aliphatic carbocycles. The van der Waals surface area contributed by atoms with E-state index in [9.17, 15) is 40.5 Å².